The van der Waals surface area contributed by atoms with Crippen LogP contribution in [0.5, 0.6) is 5.75 Å². The molecule has 6 nitrogen and oxygen atoms in total. The van der Waals surface area contributed by atoms with Crippen molar-refractivity contribution < 1.29 is 9.53 Å². The number of piperazine rings is 1. The van der Waals surface area contributed by atoms with Crippen LogP contribution in [-0.2, 0) is 6.54 Å². The van der Waals surface area contributed by atoms with Crippen molar-refractivity contribution in [3.8, 4) is 5.75 Å². The first-order valence-electron chi connectivity index (χ1n) is 10.1. The fourth-order valence-corrected chi connectivity index (χ4v) is 3.70. The van der Waals surface area contributed by atoms with E-state index < -0.39 is 0 Å². The van der Waals surface area contributed by atoms with Crippen molar-refractivity contribution >= 4 is 11.7 Å². The van der Waals surface area contributed by atoms with E-state index >= 15 is 0 Å². The summed E-state index contributed by atoms with van der Waals surface area (Å²) in [5.74, 6) is 1.40. The van der Waals surface area contributed by atoms with E-state index in [1.54, 1.807) is 13.3 Å². The number of methoxy groups -OCH3 is 1. The first kappa shape index (κ1) is 19.9. The summed E-state index contributed by atoms with van der Waals surface area (Å²) in [6.45, 7) is 2.85. The summed E-state index contributed by atoms with van der Waals surface area (Å²) >= 11 is 0. The van der Waals surface area contributed by atoms with Gasteiger partial charge in [-0.15, -0.1) is 0 Å². The van der Waals surface area contributed by atoms with E-state index in [-0.39, 0.29) is 11.9 Å². The largest absolute Gasteiger partial charge is 0.497 e. The molecule has 0 aliphatic carbocycles. The Morgan fingerprint density at radius 2 is 1.93 bits per heavy atom. The van der Waals surface area contributed by atoms with Gasteiger partial charge in [0.2, 0.25) is 0 Å². The van der Waals surface area contributed by atoms with Gasteiger partial charge < -0.3 is 20.3 Å². The molecule has 3 aromatic rings. The maximum Gasteiger partial charge on any atom is 0.255 e. The topological polar surface area (TPSA) is 66.5 Å². The van der Waals surface area contributed by atoms with Gasteiger partial charge in [-0.3, -0.25) is 4.79 Å². The molecule has 1 aliphatic heterocycles. The zero-order chi connectivity index (χ0) is 20.8. The molecule has 1 atom stereocenters. The van der Waals surface area contributed by atoms with Gasteiger partial charge in [-0.2, -0.15) is 0 Å². The summed E-state index contributed by atoms with van der Waals surface area (Å²) in [6, 6.07) is 21.9. The van der Waals surface area contributed by atoms with Crippen LogP contribution in [0.2, 0.25) is 0 Å². The summed E-state index contributed by atoms with van der Waals surface area (Å²) in [5.41, 5.74) is 2.85. The third kappa shape index (κ3) is 4.60. The summed E-state index contributed by atoms with van der Waals surface area (Å²) in [5, 5.41) is 6.57. The van der Waals surface area contributed by atoms with Crippen LogP contribution < -0.4 is 20.3 Å². The van der Waals surface area contributed by atoms with Gasteiger partial charge in [-0.25, -0.2) is 4.98 Å². The number of carbonyl (C=O) groups is 1. The Morgan fingerprint density at radius 1 is 1.13 bits per heavy atom. The third-order valence-corrected chi connectivity index (χ3v) is 5.32. The highest BCUT2D eigenvalue weighted by Gasteiger charge is 2.25. The molecule has 1 saturated heterocycles. The van der Waals surface area contributed by atoms with Crippen molar-refractivity contribution in [2.45, 2.75) is 12.6 Å². The fraction of sp³-hybridized carbons (Fsp3) is 0.250. The number of benzene rings is 2. The summed E-state index contributed by atoms with van der Waals surface area (Å²) in [4.78, 5) is 19.7. The predicted octanol–water partition coefficient (Wildman–Crippen LogP) is 3.17. The van der Waals surface area contributed by atoms with Crippen molar-refractivity contribution in [3.63, 3.8) is 0 Å². The smallest absolute Gasteiger partial charge is 0.255 e. The summed E-state index contributed by atoms with van der Waals surface area (Å²) < 4.78 is 5.18. The molecule has 1 fully saturated rings. The van der Waals surface area contributed by atoms with Gasteiger partial charge in [0.25, 0.3) is 5.91 Å². The van der Waals surface area contributed by atoms with Gasteiger partial charge in [0, 0.05) is 38.4 Å². The minimum absolute atomic E-state index is 0.122. The zero-order valence-electron chi connectivity index (χ0n) is 17.0. The average Bonchev–Trinajstić information content (AvgIpc) is 2.83. The lowest BCUT2D eigenvalue weighted by molar-refractivity contribution is 0.0951. The van der Waals surface area contributed by atoms with Crippen LogP contribution in [0.3, 0.4) is 0 Å². The molecular formula is C24H26N4O2. The number of hydrogen-bond acceptors (Lipinski definition) is 5. The van der Waals surface area contributed by atoms with E-state index in [0.29, 0.717) is 12.1 Å². The Labute approximate surface area is 176 Å². The van der Waals surface area contributed by atoms with E-state index in [0.717, 1.165) is 36.8 Å². The van der Waals surface area contributed by atoms with Crippen molar-refractivity contribution in [2.24, 2.45) is 0 Å². The maximum atomic E-state index is 12.9. The van der Waals surface area contributed by atoms with Crippen LogP contribution in [-0.4, -0.2) is 37.6 Å². The standard InChI is InChI=1S/C24H26N4O2/c1-30-20-11-9-18(10-12-20)16-27-24(29)21-8-5-13-26-23(21)28-15-14-25-22(17-28)19-6-3-2-4-7-19/h2-13,22,25H,14-17H2,1H3,(H,27,29)/t22-/m0/s1. The number of hydrogen-bond donors (Lipinski definition) is 2. The molecule has 0 spiro atoms. The van der Waals surface area contributed by atoms with Gasteiger partial charge in [0.1, 0.15) is 11.6 Å². The van der Waals surface area contributed by atoms with Crippen LogP contribution in [0, 0.1) is 0 Å². The quantitative estimate of drug-likeness (QED) is 0.663. The molecule has 0 saturated carbocycles. The average molecular weight is 402 g/mol. The molecule has 1 amide bonds. The Balaban J connectivity index is 1.46. The second-order valence-corrected chi connectivity index (χ2v) is 7.27. The molecule has 6 heteroatoms. The van der Waals surface area contributed by atoms with E-state index in [2.05, 4.69) is 44.8 Å². The van der Waals surface area contributed by atoms with E-state index in [1.807, 2.05) is 42.5 Å². The Kier molecular flexibility index (Phi) is 6.25. The molecule has 0 unspecified atom stereocenters. The Hall–Kier alpha value is -3.38. The molecule has 0 bridgehead atoms. The molecular weight excluding hydrogens is 376 g/mol. The molecule has 2 N–H and O–H groups in total. The number of nitrogens with one attached hydrogen (secondary N) is 2. The second-order valence-electron chi connectivity index (χ2n) is 7.27. The number of amides is 1. The number of ether oxygens (including phenoxy) is 1. The fourth-order valence-electron chi connectivity index (χ4n) is 3.70. The predicted molar refractivity (Wildman–Crippen MR) is 118 cm³/mol. The molecule has 1 aromatic heterocycles. The normalized spacial score (nSPS) is 16.2. The van der Waals surface area contributed by atoms with Crippen molar-refractivity contribution in [1.29, 1.82) is 0 Å². The van der Waals surface area contributed by atoms with Gasteiger partial charge in [0.15, 0.2) is 0 Å². The minimum atomic E-state index is -0.122. The summed E-state index contributed by atoms with van der Waals surface area (Å²) in [7, 11) is 1.64. The minimum Gasteiger partial charge on any atom is -0.497 e. The first-order chi connectivity index (χ1) is 14.7. The SMILES string of the molecule is COc1ccc(CNC(=O)c2cccnc2N2CCN[C@H](c3ccccc3)C2)cc1. The Morgan fingerprint density at radius 3 is 2.70 bits per heavy atom. The van der Waals surface area contributed by atoms with Gasteiger partial charge in [-0.1, -0.05) is 42.5 Å². The molecule has 4 rings (SSSR count). The second kappa shape index (κ2) is 9.41. The summed E-state index contributed by atoms with van der Waals surface area (Å²) in [6.07, 6.45) is 1.75. The highest BCUT2D eigenvalue weighted by atomic mass is 16.5. The van der Waals surface area contributed by atoms with Crippen molar-refractivity contribution in [2.75, 3.05) is 31.6 Å². The van der Waals surface area contributed by atoms with E-state index in [4.69, 9.17) is 4.74 Å². The van der Waals surface area contributed by atoms with Crippen molar-refractivity contribution in [1.82, 2.24) is 15.6 Å². The van der Waals surface area contributed by atoms with Gasteiger partial charge in [0.05, 0.1) is 12.7 Å². The Bertz CT molecular complexity index is 976. The monoisotopic (exact) mass is 402 g/mol. The molecule has 1 aliphatic rings. The van der Waals surface area contributed by atoms with Crippen LogP contribution >= 0.6 is 0 Å². The third-order valence-electron chi connectivity index (χ3n) is 5.32. The number of carbonyl (C=O) groups excluding carboxylic acids is 1. The van der Waals surface area contributed by atoms with E-state index in [9.17, 15) is 4.79 Å². The molecule has 154 valence electrons. The maximum absolute atomic E-state index is 12.9. The zero-order valence-corrected chi connectivity index (χ0v) is 17.0. The van der Waals surface area contributed by atoms with E-state index in [1.165, 1.54) is 5.56 Å². The highest BCUT2D eigenvalue weighted by Crippen LogP contribution is 2.24. The molecule has 0 radical (unpaired) electrons. The number of pyridine rings is 1. The lowest BCUT2D eigenvalue weighted by Gasteiger charge is -2.35. The lowest BCUT2D eigenvalue weighted by Crippen LogP contribution is -2.46. The van der Waals surface area contributed by atoms with Crippen LogP contribution in [0.4, 0.5) is 5.82 Å². The first-order valence-corrected chi connectivity index (χ1v) is 10.1. The number of aromatic nitrogens is 1. The van der Waals surface area contributed by atoms with Crippen LogP contribution in [0.25, 0.3) is 0 Å². The number of anilines is 1. The van der Waals surface area contributed by atoms with Crippen LogP contribution in [0.15, 0.2) is 72.9 Å². The van der Waals surface area contributed by atoms with Gasteiger partial charge in [-0.05, 0) is 35.4 Å². The van der Waals surface area contributed by atoms with Crippen molar-refractivity contribution in [3.05, 3.63) is 89.6 Å². The molecule has 2 heterocycles. The molecule has 2 aromatic carbocycles. The lowest BCUT2D eigenvalue weighted by atomic mass is 10.0. The van der Waals surface area contributed by atoms with Crippen LogP contribution in [0.1, 0.15) is 27.5 Å². The number of rotatable bonds is 6. The molecule has 30 heavy (non-hydrogen) atoms. The highest BCUT2D eigenvalue weighted by molar-refractivity contribution is 5.98. The number of nitrogens with zero attached hydrogens (tertiary/aromatic N) is 2. The van der Waals surface area contributed by atoms with Gasteiger partial charge >= 0.3 is 0 Å².